The lowest BCUT2D eigenvalue weighted by Gasteiger charge is -2.10. The molecule has 142 valence electrons. The summed E-state index contributed by atoms with van der Waals surface area (Å²) in [5, 5.41) is 3.28. The number of hydrogen-bond acceptors (Lipinski definition) is 4. The second-order valence-corrected chi connectivity index (χ2v) is 6.11. The van der Waals surface area contributed by atoms with Crippen molar-refractivity contribution in [1.29, 1.82) is 0 Å². The molecule has 1 heterocycles. The molecule has 0 aliphatic rings. The van der Waals surface area contributed by atoms with Crippen molar-refractivity contribution in [2.45, 2.75) is 13.8 Å². The molecule has 0 unspecified atom stereocenters. The Morgan fingerprint density at radius 3 is 2.29 bits per heavy atom. The summed E-state index contributed by atoms with van der Waals surface area (Å²) in [6.07, 6.45) is 1.51. The Balaban J connectivity index is 1.74. The third-order valence-electron chi connectivity index (χ3n) is 4.01. The molecule has 0 radical (unpaired) electrons. The fourth-order valence-electron chi connectivity index (χ4n) is 2.69. The molecule has 0 bridgehead atoms. The molecule has 0 atom stereocenters. The molecule has 3 amide bonds. The second-order valence-electron chi connectivity index (χ2n) is 6.11. The number of furan rings is 1. The minimum absolute atomic E-state index is 0.000304. The van der Waals surface area contributed by atoms with Crippen LogP contribution in [0.5, 0.6) is 0 Å². The van der Waals surface area contributed by atoms with Crippen LogP contribution >= 0.6 is 0 Å². The Kier molecular flexibility index (Phi) is 5.55. The van der Waals surface area contributed by atoms with E-state index in [9.17, 15) is 14.4 Å². The molecule has 0 fully saturated rings. The molecular formula is C21H19N3O4. The highest BCUT2D eigenvalue weighted by atomic mass is 16.3. The molecule has 0 aliphatic carbocycles. The van der Waals surface area contributed by atoms with Crippen molar-refractivity contribution in [2.24, 2.45) is 0 Å². The number of rotatable bonds is 4. The van der Waals surface area contributed by atoms with E-state index in [4.69, 9.17) is 4.42 Å². The molecule has 0 spiro atoms. The lowest BCUT2D eigenvalue weighted by molar-refractivity contribution is -0.122. The third-order valence-corrected chi connectivity index (χ3v) is 4.01. The smallest absolute Gasteiger partial charge is 0.305 e. The first kappa shape index (κ1) is 18.9. The topological polar surface area (TPSA) is 100 Å². The van der Waals surface area contributed by atoms with Gasteiger partial charge in [0.2, 0.25) is 5.91 Å². The maximum Gasteiger partial charge on any atom is 0.305 e. The summed E-state index contributed by atoms with van der Waals surface area (Å²) in [6.45, 7) is 3.06. The van der Waals surface area contributed by atoms with E-state index in [2.05, 4.69) is 16.2 Å². The van der Waals surface area contributed by atoms with Crippen LogP contribution in [0.3, 0.4) is 0 Å². The summed E-state index contributed by atoms with van der Waals surface area (Å²) in [5.74, 6) is -1.56. The lowest BCUT2D eigenvalue weighted by Crippen LogP contribution is -2.45. The second kappa shape index (κ2) is 8.22. The number of para-hydroxylation sites is 1. The van der Waals surface area contributed by atoms with Gasteiger partial charge < -0.3 is 9.73 Å². The molecule has 0 saturated carbocycles. The van der Waals surface area contributed by atoms with Crippen LogP contribution < -0.4 is 16.2 Å². The number of hydrogen-bond donors (Lipinski definition) is 3. The van der Waals surface area contributed by atoms with Gasteiger partial charge in [0.1, 0.15) is 11.3 Å². The summed E-state index contributed by atoms with van der Waals surface area (Å²) < 4.78 is 5.57. The number of aryl methyl sites for hydroxylation is 1. The standard InChI is InChI=1S/C21H19N3O4/c1-13-16-10-6-7-11-18(16)28-19(13)21(27)24-23-20(26)17(22-14(2)25)12-15-8-4-3-5-9-15/h3-12H,1-2H3,(H,22,25)(H,23,26)(H,24,27)/b17-12-. The third kappa shape index (κ3) is 4.27. The fourth-order valence-corrected chi connectivity index (χ4v) is 2.69. The van der Waals surface area contributed by atoms with Gasteiger partial charge in [-0.1, -0.05) is 48.5 Å². The van der Waals surface area contributed by atoms with Crippen molar-refractivity contribution >= 4 is 34.8 Å². The zero-order valence-corrected chi connectivity index (χ0v) is 15.4. The molecule has 7 nitrogen and oxygen atoms in total. The Labute approximate surface area is 161 Å². The minimum atomic E-state index is -0.666. The highest BCUT2D eigenvalue weighted by Crippen LogP contribution is 2.24. The minimum Gasteiger partial charge on any atom is -0.451 e. The van der Waals surface area contributed by atoms with Crippen LogP contribution in [0.2, 0.25) is 0 Å². The van der Waals surface area contributed by atoms with Gasteiger partial charge in [-0.2, -0.15) is 0 Å². The number of benzene rings is 2. The van der Waals surface area contributed by atoms with Crippen molar-refractivity contribution in [2.75, 3.05) is 0 Å². The van der Waals surface area contributed by atoms with Crippen LogP contribution in [0.1, 0.15) is 28.6 Å². The zero-order chi connectivity index (χ0) is 20.1. The SMILES string of the molecule is CC(=O)N/C(=C\c1ccccc1)C(=O)NNC(=O)c1oc2ccccc2c1C. The molecule has 7 heteroatoms. The van der Waals surface area contributed by atoms with Crippen LogP contribution in [0.4, 0.5) is 0 Å². The number of amides is 3. The molecule has 3 rings (SSSR count). The van der Waals surface area contributed by atoms with Gasteiger partial charge in [0.25, 0.3) is 5.91 Å². The first-order valence-electron chi connectivity index (χ1n) is 8.59. The molecule has 2 aromatic carbocycles. The molecular weight excluding hydrogens is 358 g/mol. The summed E-state index contributed by atoms with van der Waals surface area (Å²) in [7, 11) is 0. The largest absolute Gasteiger partial charge is 0.451 e. The first-order chi connectivity index (χ1) is 13.5. The predicted molar refractivity (Wildman–Crippen MR) is 105 cm³/mol. The Hall–Kier alpha value is -3.87. The van der Waals surface area contributed by atoms with E-state index < -0.39 is 17.7 Å². The quantitative estimate of drug-likeness (QED) is 0.481. The summed E-state index contributed by atoms with van der Waals surface area (Å²) in [6, 6.07) is 16.3. The van der Waals surface area contributed by atoms with Crippen molar-refractivity contribution in [1.82, 2.24) is 16.2 Å². The summed E-state index contributed by atoms with van der Waals surface area (Å²) in [4.78, 5) is 36.3. The Morgan fingerprint density at radius 2 is 1.61 bits per heavy atom. The highest BCUT2D eigenvalue weighted by molar-refractivity contribution is 6.03. The van der Waals surface area contributed by atoms with Gasteiger partial charge in [0.15, 0.2) is 5.76 Å². The molecule has 0 aliphatic heterocycles. The Bertz CT molecular complexity index is 1070. The summed E-state index contributed by atoms with van der Waals surface area (Å²) in [5.41, 5.74) is 6.59. The maximum absolute atomic E-state index is 12.4. The number of carbonyl (C=O) groups excluding carboxylic acids is 3. The van der Waals surface area contributed by atoms with Gasteiger partial charge in [0.05, 0.1) is 0 Å². The number of nitrogens with one attached hydrogen (secondary N) is 3. The maximum atomic E-state index is 12.4. The van der Waals surface area contributed by atoms with Crippen molar-refractivity contribution in [3.8, 4) is 0 Å². The monoisotopic (exact) mass is 377 g/mol. The Morgan fingerprint density at radius 1 is 0.929 bits per heavy atom. The van der Waals surface area contributed by atoms with Gasteiger partial charge in [-0.3, -0.25) is 25.2 Å². The van der Waals surface area contributed by atoms with Gasteiger partial charge in [-0.05, 0) is 24.6 Å². The van der Waals surface area contributed by atoms with E-state index in [1.54, 1.807) is 37.3 Å². The van der Waals surface area contributed by atoms with E-state index in [0.29, 0.717) is 11.1 Å². The molecule has 3 aromatic rings. The van der Waals surface area contributed by atoms with E-state index in [-0.39, 0.29) is 11.5 Å². The van der Waals surface area contributed by atoms with Crippen molar-refractivity contribution in [3.05, 3.63) is 77.2 Å². The van der Waals surface area contributed by atoms with Crippen LogP contribution in [0.25, 0.3) is 17.0 Å². The van der Waals surface area contributed by atoms with Crippen LogP contribution in [0.15, 0.2) is 64.7 Å². The number of fused-ring (bicyclic) bond motifs is 1. The van der Waals surface area contributed by atoms with E-state index in [1.165, 1.54) is 13.0 Å². The molecule has 1 aromatic heterocycles. The van der Waals surface area contributed by atoms with Crippen molar-refractivity contribution < 1.29 is 18.8 Å². The van der Waals surface area contributed by atoms with Gasteiger partial charge in [-0.25, -0.2) is 0 Å². The predicted octanol–water partition coefficient (Wildman–Crippen LogP) is 2.68. The summed E-state index contributed by atoms with van der Waals surface area (Å²) >= 11 is 0. The highest BCUT2D eigenvalue weighted by Gasteiger charge is 2.19. The average molecular weight is 377 g/mol. The average Bonchev–Trinajstić information content (AvgIpc) is 3.03. The van der Waals surface area contributed by atoms with Gasteiger partial charge in [-0.15, -0.1) is 0 Å². The van der Waals surface area contributed by atoms with Crippen molar-refractivity contribution in [3.63, 3.8) is 0 Å². The normalized spacial score (nSPS) is 11.1. The zero-order valence-electron chi connectivity index (χ0n) is 15.4. The van der Waals surface area contributed by atoms with E-state index in [1.807, 2.05) is 24.3 Å². The lowest BCUT2D eigenvalue weighted by atomic mass is 10.1. The van der Waals surface area contributed by atoms with Gasteiger partial charge >= 0.3 is 5.91 Å². The fraction of sp³-hybridized carbons (Fsp3) is 0.0952. The molecule has 3 N–H and O–H groups in total. The molecule has 28 heavy (non-hydrogen) atoms. The number of carbonyl (C=O) groups is 3. The number of hydrazine groups is 1. The van der Waals surface area contributed by atoms with E-state index in [0.717, 1.165) is 10.9 Å². The molecule has 0 saturated heterocycles. The van der Waals surface area contributed by atoms with Crippen LogP contribution in [-0.4, -0.2) is 17.7 Å². The van der Waals surface area contributed by atoms with Crippen LogP contribution in [0, 0.1) is 6.92 Å². The van der Waals surface area contributed by atoms with Gasteiger partial charge in [0, 0.05) is 17.9 Å². The van der Waals surface area contributed by atoms with E-state index >= 15 is 0 Å². The first-order valence-corrected chi connectivity index (χ1v) is 8.59. The van der Waals surface area contributed by atoms with Crippen LogP contribution in [-0.2, 0) is 9.59 Å².